The fraction of sp³-hybridized carbons (Fsp3) is 0.833. The highest BCUT2D eigenvalue weighted by atomic mass is 32.1. The predicted molar refractivity (Wildman–Crippen MR) is 38.4 cm³/mol. The monoisotopic (exact) mass is 132 g/mol. The molecule has 0 N–H and O–H groups in total. The molecule has 48 valence electrons. The molecule has 0 spiro atoms. The molecule has 0 amide bonds. The molecule has 0 aromatic carbocycles. The Kier molecular flexibility index (Phi) is 5.18. The maximum Gasteiger partial charge on any atom is 0.120 e. The molecule has 0 saturated carbocycles. The third-order valence-electron chi connectivity index (χ3n) is 1.09. The summed E-state index contributed by atoms with van der Waals surface area (Å²) in [5, 5.41) is 0.417. The van der Waals surface area contributed by atoms with E-state index in [4.69, 9.17) is 0 Å². The van der Waals surface area contributed by atoms with Gasteiger partial charge in [0.05, 0.1) is 0 Å². The van der Waals surface area contributed by atoms with Crippen LogP contribution in [0.4, 0.5) is 0 Å². The second kappa shape index (κ2) is 5.16. The lowest BCUT2D eigenvalue weighted by molar-refractivity contribution is -0.107. The minimum Gasteiger partial charge on any atom is -0.303 e. The van der Waals surface area contributed by atoms with Gasteiger partial charge in [-0.25, -0.2) is 0 Å². The Hall–Kier alpha value is 0.0200. The van der Waals surface area contributed by atoms with Gasteiger partial charge in [0, 0.05) is 11.7 Å². The summed E-state index contributed by atoms with van der Waals surface area (Å²) in [5.74, 6) is 0. The molecule has 1 nitrogen and oxygen atoms in total. The average Bonchev–Trinajstić information content (AvgIpc) is 1.83. The quantitative estimate of drug-likeness (QED) is 0.455. The first-order chi connectivity index (χ1) is 3.81. The molecule has 0 aromatic heterocycles. The van der Waals surface area contributed by atoms with Crippen molar-refractivity contribution in [1.82, 2.24) is 0 Å². The van der Waals surface area contributed by atoms with Crippen LogP contribution in [0.2, 0.25) is 0 Å². The smallest absolute Gasteiger partial charge is 0.120 e. The number of rotatable bonds is 4. The van der Waals surface area contributed by atoms with Crippen LogP contribution in [0.1, 0.15) is 26.2 Å². The van der Waals surface area contributed by atoms with Crippen molar-refractivity contribution in [3.05, 3.63) is 0 Å². The first-order valence-corrected chi connectivity index (χ1v) is 3.44. The van der Waals surface area contributed by atoms with Crippen LogP contribution in [0.25, 0.3) is 0 Å². The Morgan fingerprint density at radius 2 is 2.38 bits per heavy atom. The summed E-state index contributed by atoms with van der Waals surface area (Å²) in [6.45, 7) is 2.07. The standard InChI is InChI=1S/C6H12OS/c1-2-6(8)4-3-5-7/h5-6,8H,2-4H2,1H3. The van der Waals surface area contributed by atoms with Crippen LogP contribution < -0.4 is 0 Å². The lowest BCUT2D eigenvalue weighted by atomic mass is 10.2. The van der Waals surface area contributed by atoms with Gasteiger partial charge < -0.3 is 4.79 Å². The highest BCUT2D eigenvalue weighted by molar-refractivity contribution is 7.80. The van der Waals surface area contributed by atoms with Gasteiger partial charge in [-0.05, 0) is 12.8 Å². The summed E-state index contributed by atoms with van der Waals surface area (Å²) in [4.78, 5) is 9.79. The molecule has 0 bridgehead atoms. The minimum atomic E-state index is 0.417. The van der Waals surface area contributed by atoms with E-state index < -0.39 is 0 Å². The molecule has 0 fully saturated rings. The molecule has 0 saturated heterocycles. The number of thiol groups is 1. The summed E-state index contributed by atoms with van der Waals surface area (Å²) in [6.07, 6.45) is 3.57. The van der Waals surface area contributed by atoms with Crippen LogP contribution in [0.3, 0.4) is 0 Å². The van der Waals surface area contributed by atoms with Crippen molar-refractivity contribution in [2.75, 3.05) is 0 Å². The van der Waals surface area contributed by atoms with Crippen molar-refractivity contribution < 1.29 is 4.79 Å². The van der Waals surface area contributed by atoms with E-state index in [1.165, 1.54) is 0 Å². The third kappa shape index (κ3) is 4.19. The molecule has 8 heavy (non-hydrogen) atoms. The van der Waals surface area contributed by atoms with Crippen molar-refractivity contribution >= 4 is 18.9 Å². The molecule has 0 aromatic rings. The van der Waals surface area contributed by atoms with Crippen LogP contribution in [-0.2, 0) is 4.79 Å². The fourth-order valence-corrected chi connectivity index (χ4v) is 0.614. The second-order valence-corrected chi connectivity index (χ2v) is 2.54. The number of carbonyl (C=O) groups is 1. The first kappa shape index (κ1) is 8.02. The van der Waals surface area contributed by atoms with Crippen LogP contribution in [0.15, 0.2) is 0 Å². The Morgan fingerprint density at radius 3 is 2.75 bits per heavy atom. The molecule has 2 heteroatoms. The van der Waals surface area contributed by atoms with E-state index in [9.17, 15) is 4.79 Å². The number of hydrogen-bond donors (Lipinski definition) is 1. The van der Waals surface area contributed by atoms with E-state index in [1.54, 1.807) is 0 Å². The van der Waals surface area contributed by atoms with Gasteiger partial charge in [0.2, 0.25) is 0 Å². The predicted octanol–water partition coefficient (Wildman–Crippen LogP) is 1.67. The zero-order chi connectivity index (χ0) is 6.41. The summed E-state index contributed by atoms with van der Waals surface area (Å²) in [5.41, 5.74) is 0. The Bertz CT molecular complexity index is 63.5. The van der Waals surface area contributed by atoms with Crippen LogP contribution >= 0.6 is 12.6 Å². The molecule has 1 atom stereocenters. The van der Waals surface area contributed by atoms with Gasteiger partial charge in [-0.2, -0.15) is 12.6 Å². The number of hydrogen-bond acceptors (Lipinski definition) is 2. The zero-order valence-corrected chi connectivity index (χ0v) is 6.03. The van der Waals surface area contributed by atoms with Gasteiger partial charge in [-0.1, -0.05) is 6.92 Å². The van der Waals surface area contributed by atoms with Crippen molar-refractivity contribution in [2.45, 2.75) is 31.4 Å². The molecular formula is C6H12OS. The normalized spacial score (nSPS) is 13.2. The summed E-state index contributed by atoms with van der Waals surface area (Å²) in [6, 6.07) is 0. The second-order valence-electron chi connectivity index (χ2n) is 1.81. The SMILES string of the molecule is CCC(S)CCC=O. The minimum absolute atomic E-state index is 0.417. The van der Waals surface area contributed by atoms with Crippen molar-refractivity contribution in [1.29, 1.82) is 0 Å². The van der Waals surface area contributed by atoms with Gasteiger partial charge in [-0.3, -0.25) is 0 Å². The topological polar surface area (TPSA) is 17.1 Å². The Balaban J connectivity index is 2.97. The summed E-state index contributed by atoms with van der Waals surface area (Å²) in [7, 11) is 0. The molecule has 1 unspecified atom stereocenters. The lowest BCUT2D eigenvalue weighted by Gasteiger charge is -2.01. The molecule has 0 aliphatic heterocycles. The van der Waals surface area contributed by atoms with E-state index in [0.29, 0.717) is 11.7 Å². The van der Waals surface area contributed by atoms with Crippen molar-refractivity contribution in [3.8, 4) is 0 Å². The van der Waals surface area contributed by atoms with E-state index in [2.05, 4.69) is 19.6 Å². The van der Waals surface area contributed by atoms with Crippen LogP contribution in [0, 0.1) is 0 Å². The zero-order valence-electron chi connectivity index (χ0n) is 5.13. The van der Waals surface area contributed by atoms with Gasteiger partial charge >= 0.3 is 0 Å². The molecular weight excluding hydrogens is 120 g/mol. The van der Waals surface area contributed by atoms with Crippen molar-refractivity contribution in [3.63, 3.8) is 0 Å². The number of aldehydes is 1. The lowest BCUT2D eigenvalue weighted by Crippen LogP contribution is -1.95. The van der Waals surface area contributed by atoms with Gasteiger partial charge in [0.15, 0.2) is 0 Å². The van der Waals surface area contributed by atoms with E-state index >= 15 is 0 Å². The van der Waals surface area contributed by atoms with Crippen LogP contribution in [-0.4, -0.2) is 11.5 Å². The van der Waals surface area contributed by atoms with Crippen molar-refractivity contribution in [2.24, 2.45) is 0 Å². The first-order valence-electron chi connectivity index (χ1n) is 2.93. The highest BCUT2D eigenvalue weighted by Crippen LogP contribution is 2.06. The van der Waals surface area contributed by atoms with Gasteiger partial charge in [0.25, 0.3) is 0 Å². The Labute approximate surface area is 55.9 Å². The van der Waals surface area contributed by atoms with Gasteiger partial charge in [0.1, 0.15) is 6.29 Å². The molecule has 0 aliphatic rings. The van der Waals surface area contributed by atoms with Crippen LogP contribution in [0.5, 0.6) is 0 Å². The molecule has 0 rings (SSSR count). The Morgan fingerprint density at radius 1 is 1.75 bits per heavy atom. The third-order valence-corrected chi connectivity index (χ3v) is 1.71. The molecule has 0 aliphatic carbocycles. The maximum atomic E-state index is 9.79. The van der Waals surface area contributed by atoms with E-state index in [1.807, 2.05) is 0 Å². The summed E-state index contributed by atoms with van der Waals surface area (Å²) < 4.78 is 0. The number of carbonyl (C=O) groups excluding carboxylic acids is 1. The fourth-order valence-electron chi connectivity index (χ4n) is 0.465. The van der Waals surface area contributed by atoms with Gasteiger partial charge in [-0.15, -0.1) is 0 Å². The van der Waals surface area contributed by atoms with E-state index in [-0.39, 0.29) is 0 Å². The average molecular weight is 132 g/mol. The highest BCUT2D eigenvalue weighted by Gasteiger charge is 1.95. The molecule has 0 heterocycles. The molecule has 0 radical (unpaired) electrons. The maximum absolute atomic E-state index is 9.79. The largest absolute Gasteiger partial charge is 0.303 e. The summed E-state index contributed by atoms with van der Waals surface area (Å²) >= 11 is 4.21. The van der Waals surface area contributed by atoms with E-state index in [0.717, 1.165) is 19.1 Å².